The molecule has 0 saturated heterocycles. The van der Waals surface area contributed by atoms with Crippen LogP contribution in [0.4, 0.5) is 0 Å². The number of rotatable bonds is 2. The van der Waals surface area contributed by atoms with E-state index in [9.17, 15) is 0 Å². The van der Waals surface area contributed by atoms with Crippen LogP contribution in [0.2, 0.25) is 0 Å². The maximum atomic E-state index is 4.33. The smallest absolute Gasteiger partial charge is 0.233 e. The first-order valence-corrected chi connectivity index (χ1v) is 5.07. The van der Waals surface area contributed by atoms with Crippen LogP contribution in [0, 0.1) is 0 Å². The van der Waals surface area contributed by atoms with Crippen molar-refractivity contribution in [3.05, 3.63) is 30.4 Å². The molecule has 12 heavy (non-hydrogen) atoms. The van der Waals surface area contributed by atoms with Crippen LogP contribution in [0.1, 0.15) is 5.69 Å². The Balaban J connectivity index is 2.47. The van der Waals surface area contributed by atoms with Crippen molar-refractivity contribution in [3.63, 3.8) is 0 Å². The van der Waals surface area contributed by atoms with Crippen LogP contribution in [0.5, 0.6) is 0 Å². The van der Waals surface area contributed by atoms with Crippen LogP contribution in [-0.2, 0) is 5.75 Å². The molecule has 2 aromatic rings. The topological polar surface area (TPSA) is 30.2 Å². The number of hydrogen-bond acceptors (Lipinski definition) is 3. The molecule has 0 aliphatic carbocycles. The molecule has 3 nitrogen and oxygen atoms in total. The van der Waals surface area contributed by atoms with Crippen molar-refractivity contribution < 1.29 is 0 Å². The molecule has 0 fully saturated rings. The highest BCUT2D eigenvalue weighted by molar-refractivity contribution is 7.97. The second-order valence-electron chi connectivity index (χ2n) is 2.49. The Morgan fingerprint density at radius 3 is 3.25 bits per heavy atom. The summed E-state index contributed by atoms with van der Waals surface area (Å²) in [6, 6.07) is 1.90. The van der Waals surface area contributed by atoms with Gasteiger partial charge in [-0.25, -0.2) is 9.97 Å². The molecule has 0 N–H and O–H groups in total. The van der Waals surface area contributed by atoms with Crippen LogP contribution in [0.3, 0.4) is 0 Å². The summed E-state index contributed by atoms with van der Waals surface area (Å²) in [5.74, 6) is 1.73. The van der Waals surface area contributed by atoms with Crippen LogP contribution >= 0.6 is 11.8 Å². The first-order chi connectivity index (χ1) is 5.90. The summed E-state index contributed by atoms with van der Waals surface area (Å²) in [4.78, 5) is 8.46. The van der Waals surface area contributed by atoms with Crippen molar-refractivity contribution >= 4 is 17.5 Å². The van der Waals surface area contributed by atoms with Crippen molar-refractivity contribution in [2.45, 2.75) is 5.75 Å². The predicted molar refractivity (Wildman–Crippen MR) is 50.2 cm³/mol. The average molecular weight is 179 g/mol. The van der Waals surface area contributed by atoms with E-state index in [2.05, 4.69) is 16.2 Å². The zero-order chi connectivity index (χ0) is 8.39. The fourth-order valence-corrected chi connectivity index (χ4v) is 1.53. The Morgan fingerprint density at radius 1 is 1.58 bits per heavy atom. The van der Waals surface area contributed by atoms with E-state index in [-0.39, 0.29) is 0 Å². The summed E-state index contributed by atoms with van der Waals surface area (Å²) in [7, 11) is 0. The molecule has 0 radical (unpaired) electrons. The molecule has 2 rings (SSSR count). The lowest BCUT2D eigenvalue weighted by molar-refractivity contribution is 1.11. The van der Waals surface area contributed by atoms with Crippen molar-refractivity contribution in [2.75, 3.05) is 6.26 Å². The van der Waals surface area contributed by atoms with E-state index in [1.165, 1.54) is 0 Å². The summed E-state index contributed by atoms with van der Waals surface area (Å²) in [6.45, 7) is 0. The van der Waals surface area contributed by atoms with Gasteiger partial charge in [-0.15, -0.1) is 0 Å². The molecule has 0 amide bonds. The number of aromatic nitrogens is 3. The van der Waals surface area contributed by atoms with E-state index in [1.807, 2.05) is 22.9 Å². The molecule has 0 bridgehead atoms. The molecule has 4 heteroatoms. The number of thioether (sulfide) groups is 1. The first-order valence-electron chi connectivity index (χ1n) is 3.67. The minimum atomic E-state index is 0.779. The Kier molecular flexibility index (Phi) is 1.99. The molecule has 2 heterocycles. The van der Waals surface area contributed by atoms with E-state index >= 15 is 0 Å². The van der Waals surface area contributed by atoms with E-state index in [4.69, 9.17) is 0 Å². The second-order valence-corrected chi connectivity index (χ2v) is 3.36. The van der Waals surface area contributed by atoms with Crippen molar-refractivity contribution in [3.8, 4) is 0 Å². The predicted octanol–water partition coefficient (Wildman–Crippen LogP) is 1.59. The monoisotopic (exact) mass is 179 g/mol. The standard InChI is InChI=1S/C8H9N3S/c1-12-6-7-5-11-4-2-3-9-8(11)10-7/h2-5H,6H2,1H3. The van der Waals surface area contributed by atoms with Gasteiger partial charge in [0.25, 0.3) is 0 Å². The molecule has 62 valence electrons. The lowest BCUT2D eigenvalue weighted by atomic mass is 10.6. The van der Waals surface area contributed by atoms with Crippen molar-refractivity contribution in [1.82, 2.24) is 14.4 Å². The Hall–Kier alpha value is -1.03. The fraction of sp³-hybridized carbons (Fsp3) is 0.250. The maximum absolute atomic E-state index is 4.33. The van der Waals surface area contributed by atoms with Crippen LogP contribution in [-0.4, -0.2) is 20.6 Å². The lowest BCUT2D eigenvalue weighted by Crippen LogP contribution is -1.83. The quantitative estimate of drug-likeness (QED) is 0.701. The third-order valence-corrected chi connectivity index (χ3v) is 2.16. The molecule has 0 unspecified atom stereocenters. The number of imidazole rings is 1. The molecule has 0 aromatic carbocycles. The normalized spacial score (nSPS) is 10.8. The van der Waals surface area contributed by atoms with Crippen molar-refractivity contribution in [1.29, 1.82) is 0 Å². The Bertz CT molecular complexity index is 349. The molecular weight excluding hydrogens is 170 g/mol. The van der Waals surface area contributed by atoms with Crippen LogP contribution in [0.25, 0.3) is 5.78 Å². The van der Waals surface area contributed by atoms with Gasteiger partial charge in [0.1, 0.15) is 0 Å². The summed E-state index contributed by atoms with van der Waals surface area (Å²) < 4.78 is 1.94. The van der Waals surface area contributed by atoms with Gasteiger partial charge in [-0.3, -0.25) is 4.40 Å². The van der Waals surface area contributed by atoms with Gasteiger partial charge in [-0.1, -0.05) is 0 Å². The molecule has 0 aliphatic heterocycles. The molecule has 0 atom stereocenters. The van der Waals surface area contributed by atoms with Crippen molar-refractivity contribution in [2.24, 2.45) is 0 Å². The fourth-order valence-electron chi connectivity index (χ4n) is 1.10. The summed E-state index contributed by atoms with van der Waals surface area (Å²) in [5, 5.41) is 0. The molecule has 0 saturated carbocycles. The molecule has 0 spiro atoms. The second kappa shape index (κ2) is 3.15. The van der Waals surface area contributed by atoms with Gasteiger partial charge >= 0.3 is 0 Å². The summed E-state index contributed by atoms with van der Waals surface area (Å²) in [6.07, 6.45) is 7.79. The van der Waals surface area contributed by atoms with E-state index < -0.39 is 0 Å². The zero-order valence-electron chi connectivity index (χ0n) is 6.77. The van der Waals surface area contributed by atoms with Gasteiger partial charge in [0, 0.05) is 24.3 Å². The third kappa shape index (κ3) is 1.30. The largest absolute Gasteiger partial charge is 0.291 e. The van der Waals surface area contributed by atoms with E-state index in [0.717, 1.165) is 17.2 Å². The number of hydrogen-bond donors (Lipinski definition) is 0. The highest BCUT2D eigenvalue weighted by atomic mass is 32.2. The van der Waals surface area contributed by atoms with E-state index in [0.29, 0.717) is 0 Å². The van der Waals surface area contributed by atoms with Gasteiger partial charge < -0.3 is 0 Å². The number of fused-ring (bicyclic) bond motifs is 1. The average Bonchev–Trinajstić information content (AvgIpc) is 2.47. The van der Waals surface area contributed by atoms with Crippen LogP contribution < -0.4 is 0 Å². The SMILES string of the molecule is CSCc1cn2cccnc2n1. The summed E-state index contributed by atoms with van der Waals surface area (Å²) >= 11 is 1.77. The lowest BCUT2D eigenvalue weighted by Gasteiger charge is -1.86. The Labute approximate surface area is 74.8 Å². The third-order valence-electron chi connectivity index (χ3n) is 1.58. The van der Waals surface area contributed by atoms with Gasteiger partial charge in [-0.2, -0.15) is 11.8 Å². The zero-order valence-corrected chi connectivity index (χ0v) is 7.58. The van der Waals surface area contributed by atoms with Gasteiger partial charge in [0.15, 0.2) is 0 Å². The number of nitrogens with zero attached hydrogens (tertiary/aromatic N) is 3. The highest BCUT2D eigenvalue weighted by Gasteiger charge is 1.99. The minimum absolute atomic E-state index is 0.779. The highest BCUT2D eigenvalue weighted by Crippen LogP contribution is 2.08. The Morgan fingerprint density at radius 2 is 2.50 bits per heavy atom. The van der Waals surface area contributed by atoms with E-state index in [1.54, 1.807) is 18.0 Å². The van der Waals surface area contributed by atoms with Gasteiger partial charge in [0.05, 0.1) is 5.69 Å². The molecule has 2 aromatic heterocycles. The molecular formula is C8H9N3S. The van der Waals surface area contributed by atoms with Crippen LogP contribution in [0.15, 0.2) is 24.7 Å². The first kappa shape index (κ1) is 7.61. The van der Waals surface area contributed by atoms with Gasteiger partial charge in [-0.05, 0) is 12.3 Å². The molecule has 0 aliphatic rings. The summed E-state index contributed by atoms with van der Waals surface area (Å²) in [5.41, 5.74) is 1.08. The van der Waals surface area contributed by atoms with Gasteiger partial charge in [0.2, 0.25) is 5.78 Å². The maximum Gasteiger partial charge on any atom is 0.233 e. The minimum Gasteiger partial charge on any atom is -0.291 e.